The fourth-order valence-electron chi connectivity index (χ4n) is 4.14. The Kier molecular flexibility index (Phi) is 5.67. The number of aromatic amines is 1. The van der Waals surface area contributed by atoms with Crippen LogP contribution in [0.25, 0.3) is 22.5 Å². The number of benzene rings is 3. The second-order valence-corrected chi connectivity index (χ2v) is 8.06. The summed E-state index contributed by atoms with van der Waals surface area (Å²) >= 11 is 0. The number of aromatic nitrogens is 4. The number of H-pyrrole nitrogens is 1. The molecule has 4 aromatic rings. The lowest BCUT2D eigenvalue weighted by atomic mass is 9.98. The molecule has 0 saturated heterocycles. The first kappa shape index (κ1) is 21.6. The molecule has 1 heterocycles. The van der Waals surface area contributed by atoms with E-state index in [0.29, 0.717) is 28.6 Å². The first-order valence-corrected chi connectivity index (χ1v) is 10.7. The van der Waals surface area contributed by atoms with Crippen molar-refractivity contribution in [1.82, 2.24) is 20.6 Å². The number of hydrogen-bond donors (Lipinski definition) is 2. The number of anilines is 1. The molecule has 0 spiro atoms. The Morgan fingerprint density at radius 3 is 2.50 bits per heavy atom. The first-order valence-electron chi connectivity index (χ1n) is 10.7. The fraction of sp³-hybridized carbons (Fsp3) is 0.200. The highest BCUT2D eigenvalue weighted by atomic mass is 19.1. The van der Waals surface area contributed by atoms with Crippen molar-refractivity contribution in [2.75, 3.05) is 19.5 Å². The summed E-state index contributed by atoms with van der Waals surface area (Å²) in [4.78, 5) is 12.9. The van der Waals surface area contributed by atoms with Crippen LogP contribution in [-0.2, 0) is 4.79 Å². The van der Waals surface area contributed by atoms with Crippen LogP contribution in [0.4, 0.5) is 10.1 Å². The van der Waals surface area contributed by atoms with E-state index in [1.807, 2.05) is 36.4 Å². The molecule has 172 valence electrons. The van der Waals surface area contributed by atoms with Crippen molar-refractivity contribution in [3.63, 3.8) is 0 Å². The van der Waals surface area contributed by atoms with Crippen molar-refractivity contribution < 1.29 is 18.7 Å². The second kappa shape index (κ2) is 8.93. The topological polar surface area (TPSA) is 102 Å². The van der Waals surface area contributed by atoms with E-state index in [-0.39, 0.29) is 23.6 Å². The van der Waals surface area contributed by atoms with E-state index in [9.17, 15) is 9.18 Å². The lowest BCUT2D eigenvalue weighted by Crippen LogP contribution is -2.14. The highest BCUT2D eigenvalue weighted by Gasteiger charge is 2.43. The molecule has 1 fully saturated rings. The lowest BCUT2D eigenvalue weighted by Gasteiger charge is -2.13. The fourth-order valence-corrected chi connectivity index (χ4v) is 4.14. The van der Waals surface area contributed by atoms with Gasteiger partial charge in [0.05, 0.1) is 14.2 Å². The average Bonchev–Trinajstić information content (AvgIpc) is 3.48. The van der Waals surface area contributed by atoms with Crippen molar-refractivity contribution in [3.05, 3.63) is 72.0 Å². The molecule has 9 heteroatoms. The van der Waals surface area contributed by atoms with Crippen molar-refractivity contribution in [3.8, 4) is 34.0 Å². The van der Waals surface area contributed by atoms with E-state index >= 15 is 0 Å². The third-order valence-corrected chi connectivity index (χ3v) is 5.99. The summed E-state index contributed by atoms with van der Waals surface area (Å²) in [7, 11) is 3.16. The normalized spacial score (nSPS) is 16.7. The summed E-state index contributed by atoms with van der Waals surface area (Å²) in [6.45, 7) is 0. The molecule has 2 N–H and O–H groups in total. The van der Waals surface area contributed by atoms with Gasteiger partial charge in [0.25, 0.3) is 0 Å². The molecule has 2 atom stereocenters. The van der Waals surface area contributed by atoms with Gasteiger partial charge in [-0.15, -0.1) is 10.2 Å². The summed E-state index contributed by atoms with van der Waals surface area (Å²) in [5.74, 6) is 1.21. The van der Waals surface area contributed by atoms with E-state index in [0.717, 1.165) is 23.1 Å². The Bertz CT molecular complexity index is 1330. The molecule has 0 bridgehead atoms. The number of carbonyl (C=O) groups is 1. The highest BCUT2D eigenvalue weighted by molar-refractivity contribution is 5.96. The van der Waals surface area contributed by atoms with Gasteiger partial charge in [0, 0.05) is 17.2 Å². The number of nitrogens with zero attached hydrogens (tertiary/aromatic N) is 3. The van der Waals surface area contributed by atoms with Gasteiger partial charge in [-0.25, -0.2) is 4.39 Å². The maximum Gasteiger partial charge on any atom is 0.228 e. The monoisotopic (exact) mass is 459 g/mol. The molecule has 0 unspecified atom stereocenters. The van der Waals surface area contributed by atoms with Gasteiger partial charge >= 0.3 is 0 Å². The zero-order valence-corrected chi connectivity index (χ0v) is 18.6. The van der Waals surface area contributed by atoms with Crippen molar-refractivity contribution in [2.24, 2.45) is 5.92 Å². The van der Waals surface area contributed by atoms with E-state index in [4.69, 9.17) is 9.47 Å². The summed E-state index contributed by atoms with van der Waals surface area (Å²) < 4.78 is 24.0. The molecule has 1 aromatic heterocycles. The SMILES string of the molecule is COc1ccc(-c2ccc(NC(=O)[C@@H]3C[C@H]3c3ccc(F)cc3)cc2-c2nn[nH]n2)cc1OC. The highest BCUT2D eigenvalue weighted by Crippen LogP contribution is 2.48. The Morgan fingerprint density at radius 2 is 1.79 bits per heavy atom. The van der Waals surface area contributed by atoms with Crippen LogP contribution in [0.1, 0.15) is 17.9 Å². The van der Waals surface area contributed by atoms with Gasteiger partial charge in [0.1, 0.15) is 5.82 Å². The third kappa shape index (κ3) is 4.19. The van der Waals surface area contributed by atoms with Crippen LogP contribution in [-0.4, -0.2) is 40.8 Å². The first-order chi connectivity index (χ1) is 16.6. The quantitative estimate of drug-likeness (QED) is 0.424. The number of tetrazole rings is 1. The Balaban J connectivity index is 1.41. The van der Waals surface area contributed by atoms with E-state index < -0.39 is 0 Å². The van der Waals surface area contributed by atoms with Gasteiger partial charge in [0.15, 0.2) is 11.5 Å². The van der Waals surface area contributed by atoms with Crippen LogP contribution < -0.4 is 14.8 Å². The van der Waals surface area contributed by atoms with Gasteiger partial charge in [-0.05, 0) is 70.6 Å². The number of amides is 1. The molecule has 1 aliphatic carbocycles. The number of ether oxygens (including phenoxy) is 2. The lowest BCUT2D eigenvalue weighted by molar-refractivity contribution is -0.117. The minimum Gasteiger partial charge on any atom is -0.493 e. The molecule has 3 aromatic carbocycles. The number of methoxy groups -OCH3 is 2. The molecule has 1 amide bonds. The van der Waals surface area contributed by atoms with Crippen LogP contribution in [0.15, 0.2) is 60.7 Å². The second-order valence-electron chi connectivity index (χ2n) is 8.06. The number of halogens is 1. The van der Waals surface area contributed by atoms with Gasteiger partial charge < -0.3 is 14.8 Å². The van der Waals surface area contributed by atoms with Gasteiger partial charge in [-0.3, -0.25) is 4.79 Å². The maximum atomic E-state index is 13.2. The minimum atomic E-state index is -0.283. The van der Waals surface area contributed by atoms with Crippen molar-refractivity contribution in [2.45, 2.75) is 12.3 Å². The number of rotatable bonds is 7. The molecular formula is C25H22FN5O3. The Labute approximate surface area is 195 Å². The largest absolute Gasteiger partial charge is 0.493 e. The average molecular weight is 459 g/mol. The van der Waals surface area contributed by atoms with Crippen molar-refractivity contribution in [1.29, 1.82) is 0 Å². The molecule has 8 nitrogen and oxygen atoms in total. The van der Waals surface area contributed by atoms with Crippen LogP contribution in [0, 0.1) is 11.7 Å². The minimum absolute atomic E-state index is 0.0766. The number of hydrogen-bond acceptors (Lipinski definition) is 6. The summed E-state index contributed by atoms with van der Waals surface area (Å²) in [6, 6.07) is 17.5. The van der Waals surface area contributed by atoms with E-state index in [1.54, 1.807) is 26.4 Å². The smallest absolute Gasteiger partial charge is 0.228 e. The van der Waals surface area contributed by atoms with Crippen molar-refractivity contribution >= 4 is 11.6 Å². The van der Waals surface area contributed by atoms with Crippen LogP contribution in [0.3, 0.4) is 0 Å². The van der Waals surface area contributed by atoms with Gasteiger partial charge in [0.2, 0.25) is 11.7 Å². The third-order valence-electron chi connectivity index (χ3n) is 5.99. The number of carbonyl (C=O) groups excluding carboxylic acids is 1. The summed E-state index contributed by atoms with van der Waals surface area (Å²) in [6.07, 6.45) is 0.735. The molecule has 0 aliphatic heterocycles. The predicted molar refractivity (Wildman–Crippen MR) is 124 cm³/mol. The molecular weight excluding hydrogens is 437 g/mol. The Hall–Kier alpha value is -4.27. The molecule has 5 rings (SSSR count). The zero-order chi connectivity index (χ0) is 23.7. The standard InChI is InChI=1S/C25H22FN5O3/c1-33-22-10-5-15(11-23(22)34-2)18-9-8-17(12-20(18)24-28-30-31-29-24)27-25(32)21-13-19(21)14-3-6-16(26)7-4-14/h3-12,19,21H,13H2,1-2H3,(H,27,32)(H,28,29,30,31)/t19-,21+/m0/s1. The number of nitrogens with one attached hydrogen (secondary N) is 2. The molecule has 0 radical (unpaired) electrons. The van der Waals surface area contributed by atoms with E-state index in [1.165, 1.54) is 12.1 Å². The van der Waals surface area contributed by atoms with Crippen LogP contribution >= 0.6 is 0 Å². The zero-order valence-electron chi connectivity index (χ0n) is 18.6. The van der Waals surface area contributed by atoms with Gasteiger partial charge in [-0.2, -0.15) is 5.21 Å². The van der Waals surface area contributed by atoms with Gasteiger partial charge in [-0.1, -0.05) is 24.3 Å². The molecule has 34 heavy (non-hydrogen) atoms. The van der Waals surface area contributed by atoms with E-state index in [2.05, 4.69) is 25.9 Å². The summed E-state index contributed by atoms with van der Waals surface area (Å²) in [5, 5.41) is 17.4. The predicted octanol–water partition coefficient (Wildman–Crippen LogP) is 4.43. The molecule has 1 aliphatic rings. The Morgan fingerprint density at radius 1 is 1.00 bits per heavy atom. The summed E-state index contributed by atoms with van der Waals surface area (Å²) in [5.41, 5.74) is 4.01. The molecule has 1 saturated carbocycles. The van der Waals surface area contributed by atoms with Crippen LogP contribution in [0.2, 0.25) is 0 Å². The maximum absolute atomic E-state index is 13.2. The van der Waals surface area contributed by atoms with Crippen LogP contribution in [0.5, 0.6) is 11.5 Å².